The summed E-state index contributed by atoms with van der Waals surface area (Å²) < 4.78 is 0. The first-order valence-corrected chi connectivity index (χ1v) is 8.00. The predicted molar refractivity (Wildman–Crippen MR) is 81.0 cm³/mol. The number of rotatable bonds is 4. The van der Waals surface area contributed by atoms with Crippen LogP contribution in [-0.2, 0) is 0 Å². The molecule has 1 aromatic heterocycles. The first-order chi connectivity index (χ1) is 9.11. The zero-order chi connectivity index (χ0) is 13.8. The molecular weight excluding hydrogens is 256 g/mol. The van der Waals surface area contributed by atoms with Gasteiger partial charge < -0.3 is 10.2 Å². The van der Waals surface area contributed by atoms with Gasteiger partial charge >= 0.3 is 0 Å². The highest BCUT2D eigenvalue weighted by Gasteiger charge is 2.22. The Labute approximate surface area is 120 Å². The van der Waals surface area contributed by atoms with Crippen LogP contribution in [0, 0.1) is 19.8 Å². The molecule has 1 aliphatic heterocycles. The minimum Gasteiger partial charge on any atom is -0.338 e. The first-order valence-electron chi connectivity index (χ1n) is 7.18. The number of hydrogen-bond donors (Lipinski definition) is 1. The van der Waals surface area contributed by atoms with E-state index in [1.165, 1.54) is 23.3 Å². The number of carbonyl (C=O) groups excluding carboxylic acids is 1. The van der Waals surface area contributed by atoms with Crippen LogP contribution >= 0.6 is 11.3 Å². The molecule has 1 aromatic rings. The fraction of sp³-hybridized carbons (Fsp3) is 0.667. The lowest BCUT2D eigenvalue weighted by atomic mass is 9.99. The first kappa shape index (κ1) is 14.5. The average Bonchev–Trinajstić information content (AvgIpc) is 2.76. The van der Waals surface area contributed by atoms with Crippen molar-refractivity contribution in [3.8, 4) is 0 Å². The topological polar surface area (TPSA) is 32.3 Å². The number of aryl methyl sites for hydroxylation is 2. The molecule has 1 fully saturated rings. The molecule has 2 rings (SSSR count). The lowest BCUT2D eigenvalue weighted by Gasteiger charge is -2.29. The SMILES string of the molecule is CCN(CC1CCCNC1)C(=O)c1cc(C)c(C)s1. The Morgan fingerprint density at radius 2 is 2.32 bits per heavy atom. The molecular formula is C15H24N2OS. The van der Waals surface area contributed by atoms with Crippen LogP contribution < -0.4 is 5.32 Å². The second-order valence-corrected chi connectivity index (χ2v) is 6.66. The van der Waals surface area contributed by atoms with E-state index in [0.717, 1.165) is 31.1 Å². The molecule has 1 N–H and O–H groups in total. The largest absolute Gasteiger partial charge is 0.338 e. The van der Waals surface area contributed by atoms with E-state index in [1.807, 2.05) is 11.0 Å². The average molecular weight is 280 g/mol. The minimum absolute atomic E-state index is 0.203. The Bertz CT molecular complexity index is 416. The van der Waals surface area contributed by atoms with E-state index >= 15 is 0 Å². The summed E-state index contributed by atoms with van der Waals surface area (Å²) in [5.74, 6) is 0.814. The molecule has 0 spiro atoms. The van der Waals surface area contributed by atoms with Crippen LogP contribution in [0.5, 0.6) is 0 Å². The normalized spacial score (nSPS) is 19.4. The lowest BCUT2D eigenvalue weighted by Crippen LogP contribution is -2.40. The third-order valence-corrected chi connectivity index (χ3v) is 5.06. The van der Waals surface area contributed by atoms with Gasteiger partial charge in [0.25, 0.3) is 5.91 Å². The molecule has 4 heteroatoms. The van der Waals surface area contributed by atoms with E-state index in [4.69, 9.17) is 0 Å². The highest BCUT2D eigenvalue weighted by Crippen LogP contribution is 2.23. The van der Waals surface area contributed by atoms with E-state index in [9.17, 15) is 4.79 Å². The van der Waals surface area contributed by atoms with Gasteiger partial charge in [-0.2, -0.15) is 0 Å². The van der Waals surface area contributed by atoms with E-state index < -0.39 is 0 Å². The van der Waals surface area contributed by atoms with Gasteiger partial charge in [0, 0.05) is 18.0 Å². The van der Waals surface area contributed by atoms with Gasteiger partial charge in [-0.3, -0.25) is 4.79 Å². The number of nitrogens with one attached hydrogen (secondary N) is 1. The maximum Gasteiger partial charge on any atom is 0.263 e. The summed E-state index contributed by atoms with van der Waals surface area (Å²) in [4.78, 5) is 16.7. The van der Waals surface area contributed by atoms with Crippen molar-refractivity contribution in [2.45, 2.75) is 33.6 Å². The van der Waals surface area contributed by atoms with Crippen LogP contribution in [0.25, 0.3) is 0 Å². The fourth-order valence-electron chi connectivity index (χ4n) is 2.58. The quantitative estimate of drug-likeness (QED) is 0.920. The zero-order valence-electron chi connectivity index (χ0n) is 12.2. The van der Waals surface area contributed by atoms with Crippen molar-refractivity contribution in [1.29, 1.82) is 0 Å². The highest BCUT2D eigenvalue weighted by atomic mass is 32.1. The molecule has 1 amide bonds. The molecule has 19 heavy (non-hydrogen) atoms. The molecule has 1 unspecified atom stereocenters. The number of hydrogen-bond acceptors (Lipinski definition) is 3. The monoisotopic (exact) mass is 280 g/mol. The summed E-state index contributed by atoms with van der Waals surface area (Å²) in [6.07, 6.45) is 2.47. The number of thiophene rings is 1. The second-order valence-electron chi connectivity index (χ2n) is 5.41. The molecule has 106 valence electrons. The van der Waals surface area contributed by atoms with Crippen molar-refractivity contribution >= 4 is 17.2 Å². The Kier molecular flexibility index (Phi) is 4.99. The van der Waals surface area contributed by atoms with E-state index in [0.29, 0.717) is 5.92 Å². The van der Waals surface area contributed by atoms with Gasteiger partial charge in [0.1, 0.15) is 0 Å². The summed E-state index contributed by atoms with van der Waals surface area (Å²) in [5, 5.41) is 3.42. The maximum atomic E-state index is 12.5. The Hall–Kier alpha value is -0.870. The van der Waals surface area contributed by atoms with Gasteiger partial charge in [0.2, 0.25) is 0 Å². The summed E-state index contributed by atoms with van der Waals surface area (Å²) in [5.41, 5.74) is 1.23. The molecule has 1 aliphatic rings. The van der Waals surface area contributed by atoms with Crippen molar-refractivity contribution in [3.63, 3.8) is 0 Å². The number of piperidine rings is 1. The molecule has 1 atom stereocenters. The van der Waals surface area contributed by atoms with E-state index in [2.05, 4.69) is 26.1 Å². The summed E-state index contributed by atoms with van der Waals surface area (Å²) in [7, 11) is 0. The number of nitrogens with zero attached hydrogens (tertiary/aromatic N) is 1. The predicted octanol–water partition coefficient (Wildman–Crippen LogP) is 2.83. The van der Waals surface area contributed by atoms with E-state index in [1.54, 1.807) is 11.3 Å². The van der Waals surface area contributed by atoms with Crippen molar-refractivity contribution in [2.75, 3.05) is 26.2 Å². The van der Waals surface area contributed by atoms with Crippen LogP contribution in [0.1, 0.15) is 39.9 Å². The van der Waals surface area contributed by atoms with Crippen molar-refractivity contribution in [2.24, 2.45) is 5.92 Å². The zero-order valence-corrected chi connectivity index (χ0v) is 13.0. The molecule has 0 saturated carbocycles. The molecule has 3 nitrogen and oxygen atoms in total. The van der Waals surface area contributed by atoms with Gasteiger partial charge in [-0.25, -0.2) is 0 Å². The summed E-state index contributed by atoms with van der Waals surface area (Å²) in [6, 6.07) is 2.03. The minimum atomic E-state index is 0.203. The van der Waals surface area contributed by atoms with Crippen LogP contribution in [0.3, 0.4) is 0 Å². The van der Waals surface area contributed by atoms with Crippen LogP contribution in [0.15, 0.2) is 6.07 Å². The molecule has 1 saturated heterocycles. The summed E-state index contributed by atoms with van der Waals surface area (Å²) >= 11 is 1.62. The number of carbonyl (C=O) groups is 1. The standard InChI is InChI=1S/C15H24N2OS/c1-4-17(10-13-6-5-7-16-9-13)15(18)14-8-11(2)12(3)19-14/h8,13,16H,4-7,9-10H2,1-3H3. The Morgan fingerprint density at radius 3 is 2.84 bits per heavy atom. The maximum absolute atomic E-state index is 12.5. The van der Waals surface area contributed by atoms with Crippen LogP contribution in [-0.4, -0.2) is 37.0 Å². The number of amides is 1. The van der Waals surface area contributed by atoms with Gasteiger partial charge in [0.05, 0.1) is 4.88 Å². The van der Waals surface area contributed by atoms with Crippen molar-refractivity contribution < 1.29 is 4.79 Å². The molecule has 0 aromatic carbocycles. The van der Waals surface area contributed by atoms with Crippen LogP contribution in [0.4, 0.5) is 0 Å². The van der Waals surface area contributed by atoms with Gasteiger partial charge in [-0.15, -0.1) is 11.3 Å². The Morgan fingerprint density at radius 1 is 1.53 bits per heavy atom. The van der Waals surface area contributed by atoms with Gasteiger partial charge in [-0.05, 0) is 64.3 Å². The third-order valence-electron chi connectivity index (χ3n) is 3.92. The molecule has 0 bridgehead atoms. The smallest absolute Gasteiger partial charge is 0.263 e. The van der Waals surface area contributed by atoms with Crippen molar-refractivity contribution in [3.05, 3.63) is 21.4 Å². The molecule has 2 heterocycles. The highest BCUT2D eigenvalue weighted by molar-refractivity contribution is 7.14. The Balaban J connectivity index is 2.01. The van der Waals surface area contributed by atoms with Crippen molar-refractivity contribution in [1.82, 2.24) is 10.2 Å². The summed E-state index contributed by atoms with van der Waals surface area (Å²) in [6.45, 7) is 10.1. The lowest BCUT2D eigenvalue weighted by molar-refractivity contribution is 0.0734. The van der Waals surface area contributed by atoms with Crippen LogP contribution in [0.2, 0.25) is 0 Å². The van der Waals surface area contributed by atoms with Gasteiger partial charge in [-0.1, -0.05) is 0 Å². The molecule has 0 aliphatic carbocycles. The third kappa shape index (κ3) is 3.57. The van der Waals surface area contributed by atoms with E-state index in [-0.39, 0.29) is 5.91 Å². The van der Waals surface area contributed by atoms with Gasteiger partial charge in [0.15, 0.2) is 0 Å². The second kappa shape index (κ2) is 6.53. The fourth-order valence-corrected chi connectivity index (χ4v) is 3.58. The molecule has 0 radical (unpaired) electrons.